The first kappa shape index (κ1) is 21.4. The topological polar surface area (TPSA) is 132 Å². The maximum atomic E-state index is 13.5. The molecule has 0 saturated heterocycles. The van der Waals surface area contributed by atoms with Crippen molar-refractivity contribution in [2.24, 2.45) is 10.6 Å². The molecule has 2 aliphatic carbocycles. The Balaban J connectivity index is 1.56. The van der Waals surface area contributed by atoms with Crippen LogP contribution in [0.2, 0.25) is 0 Å². The fraction of sp³-hybridized carbons (Fsp3) is 0.545. The van der Waals surface area contributed by atoms with Gasteiger partial charge in [-0.05, 0) is 60.8 Å². The van der Waals surface area contributed by atoms with Crippen molar-refractivity contribution in [1.29, 1.82) is 4.78 Å². The van der Waals surface area contributed by atoms with E-state index in [1.807, 2.05) is 6.92 Å². The number of carbonyl (C=O) groups excluding carboxylic acids is 1. The van der Waals surface area contributed by atoms with Crippen molar-refractivity contribution in [3.63, 3.8) is 0 Å². The van der Waals surface area contributed by atoms with Crippen molar-refractivity contribution in [3.8, 4) is 5.88 Å². The molecule has 0 saturated carbocycles. The maximum absolute atomic E-state index is 13.5. The minimum absolute atomic E-state index is 0.105. The van der Waals surface area contributed by atoms with Crippen LogP contribution in [0.4, 0.5) is 5.69 Å². The molecule has 2 unspecified atom stereocenters. The number of ether oxygens (including phenoxy) is 2. The summed E-state index contributed by atoms with van der Waals surface area (Å²) in [6.07, 6.45) is 6.03. The Morgan fingerprint density at radius 2 is 1.97 bits per heavy atom. The van der Waals surface area contributed by atoms with Gasteiger partial charge in [0.2, 0.25) is 5.88 Å². The molecule has 32 heavy (non-hydrogen) atoms. The van der Waals surface area contributed by atoms with Gasteiger partial charge in [0.15, 0.2) is 10.6 Å². The highest BCUT2D eigenvalue weighted by Gasteiger charge is 2.39. The van der Waals surface area contributed by atoms with Crippen molar-refractivity contribution < 1.29 is 18.5 Å². The number of carbonyl (C=O) groups is 1. The number of hydrogen-bond acceptors (Lipinski definition) is 6. The Kier molecular flexibility index (Phi) is 5.06. The lowest BCUT2D eigenvalue weighted by molar-refractivity contribution is 0.00895. The standard InChI is InChI=1S/C22H29N5O4S/c1-22(11-30-2)10-27-21(31-12-22)19(32(23,24)29)18(26-27)20(28)25-17-15-7-3-5-13(15)9-14-6-4-8-16(14)17/h9H,3-8,10-12H2,1-2H3,(H,25,28)(H3,23,24,29). The van der Waals surface area contributed by atoms with Crippen molar-refractivity contribution in [2.75, 3.05) is 25.6 Å². The molecule has 0 radical (unpaired) electrons. The number of rotatable bonds is 5. The fourth-order valence-electron chi connectivity index (χ4n) is 5.32. The van der Waals surface area contributed by atoms with E-state index >= 15 is 0 Å². The highest BCUT2D eigenvalue weighted by atomic mass is 32.2. The van der Waals surface area contributed by atoms with Crippen LogP contribution < -0.4 is 15.2 Å². The van der Waals surface area contributed by atoms with Gasteiger partial charge >= 0.3 is 0 Å². The quantitative estimate of drug-likeness (QED) is 0.632. The zero-order chi connectivity index (χ0) is 22.7. The monoisotopic (exact) mass is 459 g/mol. The molecular formula is C22H29N5O4S. The molecule has 172 valence electrons. The van der Waals surface area contributed by atoms with E-state index in [0.717, 1.165) is 44.2 Å². The fourth-order valence-corrected chi connectivity index (χ4v) is 6.17. The van der Waals surface area contributed by atoms with E-state index in [-0.39, 0.29) is 28.5 Å². The van der Waals surface area contributed by atoms with Crippen LogP contribution in [0.5, 0.6) is 5.88 Å². The Labute approximate surface area is 187 Å². The normalized spacial score (nSPS) is 23.1. The molecule has 5 rings (SSSR count). The number of nitrogens with zero attached hydrogens (tertiary/aromatic N) is 2. The Bertz CT molecular complexity index is 1190. The van der Waals surface area contributed by atoms with Crippen molar-refractivity contribution >= 4 is 21.5 Å². The van der Waals surface area contributed by atoms with Crippen LogP contribution in [0, 0.1) is 10.2 Å². The summed E-state index contributed by atoms with van der Waals surface area (Å²) in [4.78, 5) is 13.3. The molecule has 10 heteroatoms. The van der Waals surface area contributed by atoms with Crippen LogP contribution in [-0.4, -0.2) is 40.2 Å². The molecule has 3 aliphatic rings. The van der Waals surface area contributed by atoms with Crippen LogP contribution >= 0.6 is 0 Å². The second-order valence-corrected chi connectivity index (χ2v) is 11.1. The molecule has 2 aromatic rings. The van der Waals surface area contributed by atoms with Crippen molar-refractivity contribution in [2.45, 2.75) is 56.9 Å². The number of aryl methyl sites for hydroxylation is 2. The van der Waals surface area contributed by atoms with E-state index in [1.54, 1.807) is 7.11 Å². The molecule has 4 N–H and O–H groups in total. The third-order valence-electron chi connectivity index (χ3n) is 6.68. The van der Waals surface area contributed by atoms with Gasteiger partial charge in [-0.2, -0.15) is 5.10 Å². The van der Waals surface area contributed by atoms with Crippen LogP contribution in [0.3, 0.4) is 0 Å². The molecule has 0 fully saturated rings. The molecule has 0 bridgehead atoms. The van der Waals surface area contributed by atoms with E-state index < -0.39 is 15.8 Å². The number of amides is 1. The minimum atomic E-state index is -3.74. The Hall–Kier alpha value is -2.43. The van der Waals surface area contributed by atoms with E-state index in [0.29, 0.717) is 13.2 Å². The van der Waals surface area contributed by atoms with Gasteiger partial charge in [0.25, 0.3) is 5.91 Å². The van der Waals surface area contributed by atoms with Gasteiger partial charge < -0.3 is 14.8 Å². The van der Waals surface area contributed by atoms with Gasteiger partial charge in [-0.3, -0.25) is 4.79 Å². The lowest BCUT2D eigenvalue weighted by atomic mass is 9.92. The number of methoxy groups -OCH3 is 1. The first-order chi connectivity index (χ1) is 15.2. The summed E-state index contributed by atoms with van der Waals surface area (Å²) in [5.41, 5.74) is 5.37. The van der Waals surface area contributed by atoms with Crippen LogP contribution in [0.25, 0.3) is 0 Å². The molecule has 1 aromatic heterocycles. The highest BCUT2D eigenvalue weighted by Crippen LogP contribution is 2.40. The van der Waals surface area contributed by atoms with Crippen molar-refractivity contribution in [3.05, 3.63) is 34.0 Å². The average molecular weight is 460 g/mol. The summed E-state index contributed by atoms with van der Waals surface area (Å²) in [5.74, 6) is -0.367. The van der Waals surface area contributed by atoms with Gasteiger partial charge in [0, 0.05) is 18.2 Å². The van der Waals surface area contributed by atoms with Gasteiger partial charge in [-0.1, -0.05) is 13.0 Å². The van der Waals surface area contributed by atoms with E-state index in [1.165, 1.54) is 26.9 Å². The van der Waals surface area contributed by atoms with Crippen LogP contribution in [0.1, 0.15) is 52.5 Å². The van der Waals surface area contributed by atoms with Gasteiger partial charge in [-0.25, -0.2) is 18.8 Å². The SMILES string of the molecule is COCC1(C)COc2c(S(=N)(N)=O)c(C(=O)Nc3c4c(cc5c3CCC5)CCC4)nn2C1. The van der Waals surface area contributed by atoms with Crippen LogP contribution in [-0.2, 0) is 46.9 Å². The van der Waals surface area contributed by atoms with E-state index in [9.17, 15) is 9.00 Å². The molecule has 2 atom stereocenters. The lowest BCUT2D eigenvalue weighted by Crippen LogP contribution is -2.39. The molecule has 1 aromatic carbocycles. The molecule has 9 nitrogen and oxygen atoms in total. The predicted octanol–water partition coefficient (Wildman–Crippen LogP) is 2.44. The Morgan fingerprint density at radius 3 is 2.56 bits per heavy atom. The summed E-state index contributed by atoms with van der Waals surface area (Å²) >= 11 is 0. The average Bonchev–Trinajstić information content (AvgIpc) is 3.44. The molecule has 1 aliphatic heterocycles. The zero-order valence-corrected chi connectivity index (χ0v) is 19.3. The number of nitrogens with one attached hydrogen (secondary N) is 2. The zero-order valence-electron chi connectivity index (χ0n) is 18.5. The number of nitrogens with two attached hydrogens (primary N) is 1. The predicted molar refractivity (Wildman–Crippen MR) is 119 cm³/mol. The molecular weight excluding hydrogens is 430 g/mol. The van der Waals surface area contributed by atoms with E-state index in [4.69, 9.17) is 19.4 Å². The number of anilines is 1. The Morgan fingerprint density at radius 1 is 1.31 bits per heavy atom. The number of hydrogen-bond donors (Lipinski definition) is 3. The summed E-state index contributed by atoms with van der Waals surface area (Å²) in [5, 5.41) is 13.2. The smallest absolute Gasteiger partial charge is 0.277 e. The van der Waals surface area contributed by atoms with Crippen LogP contribution in [0.15, 0.2) is 11.0 Å². The van der Waals surface area contributed by atoms with Gasteiger partial charge in [-0.15, -0.1) is 0 Å². The first-order valence-electron chi connectivity index (χ1n) is 11.0. The number of benzene rings is 1. The number of fused-ring (bicyclic) bond motifs is 3. The highest BCUT2D eigenvalue weighted by molar-refractivity contribution is 7.90. The lowest BCUT2D eigenvalue weighted by Gasteiger charge is -2.33. The maximum Gasteiger partial charge on any atom is 0.277 e. The van der Waals surface area contributed by atoms with Crippen molar-refractivity contribution in [1.82, 2.24) is 9.78 Å². The first-order valence-corrected chi connectivity index (χ1v) is 12.6. The summed E-state index contributed by atoms with van der Waals surface area (Å²) in [6, 6.07) is 2.29. The third kappa shape index (κ3) is 3.50. The third-order valence-corrected chi connectivity index (χ3v) is 7.65. The summed E-state index contributed by atoms with van der Waals surface area (Å²) in [6.45, 7) is 3.11. The van der Waals surface area contributed by atoms with E-state index in [2.05, 4.69) is 16.5 Å². The molecule has 2 heterocycles. The van der Waals surface area contributed by atoms with Gasteiger partial charge in [0.1, 0.15) is 9.92 Å². The second kappa shape index (κ2) is 7.57. The number of aromatic nitrogens is 2. The molecule has 0 spiro atoms. The minimum Gasteiger partial charge on any atom is -0.476 e. The summed E-state index contributed by atoms with van der Waals surface area (Å²) in [7, 11) is -2.13. The summed E-state index contributed by atoms with van der Waals surface area (Å²) < 4.78 is 33.3. The van der Waals surface area contributed by atoms with Gasteiger partial charge in [0.05, 0.1) is 19.8 Å². The second-order valence-electron chi connectivity index (χ2n) is 9.46. The molecule has 1 amide bonds. The largest absolute Gasteiger partial charge is 0.476 e.